The maximum absolute atomic E-state index is 5.94. The first kappa shape index (κ1) is 19.0. The number of hydrogen-bond acceptors (Lipinski definition) is 4. The SMILES string of the molecule is CCNC(=NCc1ccccc1OCCN(C)C)NC1CC2CCC1O2. The molecule has 0 spiro atoms. The summed E-state index contributed by atoms with van der Waals surface area (Å²) in [6.07, 6.45) is 4.22. The minimum Gasteiger partial charge on any atom is -0.492 e. The van der Waals surface area contributed by atoms with E-state index in [-0.39, 0.29) is 0 Å². The van der Waals surface area contributed by atoms with Crippen molar-refractivity contribution >= 4 is 5.96 Å². The first-order valence-corrected chi connectivity index (χ1v) is 9.71. The van der Waals surface area contributed by atoms with Crippen LogP contribution in [0, 0.1) is 0 Å². The lowest BCUT2D eigenvalue weighted by atomic mass is 9.96. The molecule has 6 heteroatoms. The summed E-state index contributed by atoms with van der Waals surface area (Å²) >= 11 is 0. The van der Waals surface area contributed by atoms with Gasteiger partial charge in [0, 0.05) is 18.7 Å². The molecule has 1 aromatic carbocycles. The minimum absolute atomic E-state index is 0.338. The molecule has 2 aliphatic heterocycles. The van der Waals surface area contributed by atoms with Crippen LogP contribution >= 0.6 is 0 Å². The second-order valence-electron chi connectivity index (χ2n) is 7.32. The van der Waals surface area contributed by atoms with E-state index in [1.54, 1.807) is 0 Å². The zero-order chi connectivity index (χ0) is 18.4. The molecule has 1 aromatic rings. The number of fused-ring (bicyclic) bond motifs is 2. The summed E-state index contributed by atoms with van der Waals surface area (Å²) < 4.78 is 11.9. The summed E-state index contributed by atoms with van der Waals surface area (Å²) in [6.45, 7) is 5.09. The highest BCUT2D eigenvalue weighted by Gasteiger charge is 2.41. The highest BCUT2D eigenvalue weighted by atomic mass is 16.5. The maximum Gasteiger partial charge on any atom is 0.191 e. The average molecular weight is 361 g/mol. The number of hydrogen-bond donors (Lipinski definition) is 2. The van der Waals surface area contributed by atoms with Crippen LogP contribution in [0.25, 0.3) is 0 Å². The van der Waals surface area contributed by atoms with Gasteiger partial charge in [0.25, 0.3) is 0 Å². The van der Waals surface area contributed by atoms with E-state index in [0.29, 0.717) is 31.4 Å². The van der Waals surface area contributed by atoms with Crippen LogP contribution < -0.4 is 15.4 Å². The first-order chi connectivity index (χ1) is 12.7. The third kappa shape index (κ3) is 5.11. The van der Waals surface area contributed by atoms with Gasteiger partial charge >= 0.3 is 0 Å². The lowest BCUT2D eigenvalue weighted by molar-refractivity contribution is 0.0992. The van der Waals surface area contributed by atoms with Gasteiger partial charge in [-0.15, -0.1) is 0 Å². The molecule has 2 saturated heterocycles. The molecule has 3 rings (SSSR count). The lowest BCUT2D eigenvalue weighted by Gasteiger charge is -2.22. The summed E-state index contributed by atoms with van der Waals surface area (Å²) in [5.74, 6) is 1.77. The Bertz CT molecular complexity index is 605. The lowest BCUT2D eigenvalue weighted by Crippen LogP contribution is -2.47. The fourth-order valence-corrected chi connectivity index (χ4v) is 3.56. The quantitative estimate of drug-likeness (QED) is 0.549. The van der Waals surface area contributed by atoms with Gasteiger partial charge in [-0.25, -0.2) is 4.99 Å². The second kappa shape index (κ2) is 9.24. The molecule has 0 amide bonds. The van der Waals surface area contributed by atoms with Crippen LogP contribution in [0.2, 0.25) is 0 Å². The van der Waals surface area contributed by atoms with Crippen molar-refractivity contribution in [2.75, 3.05) is 33.8 Å². The predicted molar refractivity (Wildman–Crippen MR) is 105 cm³/mol. The molecule has 0 aliphatic carbocycles. The number of para-hydroxylation sites is 1. The number of guanidine groups is 1. The van der Waals surface area contributed by atoms with Gasteiger partial charge in [0.15, 0.2) is 5.96 Å². The van der Waals surface area contributed by atoms with Crippen molar-refractivity contribution in [1.29, 1.82) is 0 Å². The van der Waals surface area contributed by atoms with Crippen LogP contribution in [0.5, 0.6) is 5.75 Å². The summed E-state index contributed by atoms with van der Waals surface area (Å²) in [5, 5.41) is 6.92. The van der Waals surface area contributed by atoms with Crippen molar-refractivity contribution in [3.05, 3.63) is 29.8 Å². The number of likely N-dealkylation sites (N-methyl/N-ethyl adjacent to an activating group) is 1. The van der Waals surface area contributed by atoms with Gasteiger partial charge in [-0.3, -0.25) is 0 Å². The number of nitrogens with one attached hydrogen (secondary N) is 2. The molecule has 3 unspecified atom stereocenters. The van der Waals surface area contributed by atoms with E-state index in [2.05, 4.69) is 28.5 Å². The Morgan fingerprint density at radius 1 is 1.31 bits per heavy atom. The largest absolute Gasteiger partial charge is 0.492 e. The molecule has 144 valence electrons. The van der Waals surface area contributed by atoms with E-state index in [1.165, 1.54) is 6.42 Å². The van der Waals surface area contributed by atoms with Crippen LogP contribution in [0.3, 0.4) is 0 Å². The maximum atomic E-state index is 5.94. The molecule has 0 saturated carbocycles. The smallest absolute Gasteiger partial charge is 0.191 e. The van der Waals surface area contributed by atoms with Crippen molar-refractivity contribution < 1.29 is 9.47 Å². The molecule has 26 heavy (non-hydrogen) atoms. The molecule has 2 bridgehead atoms. The van der Waals surface area contributed by atoms with E-state index in [4.69, 9.17) is 14.5 Å². The van der Waals surface area contributed by atoms with Gasteiger partial charge in [0.05, 0.1) is 24.8 Å². The monoisotopic (exact) mass is 360 g/mol. The summed E-state index contributed by atoms with van der Waals surface area (Å²) in [4.78, 5) is 6.90. The number of rotatable bonds is 8. The Balaban J connectivity index is 1.60. The van der Waals surface area contributed by atoms with Gasteiger partial charge in [0.2, 0.25) is 0 Å². The number of ether oxygens (including phenoxy) is 2. The predicted octanol–water partition coefficient (Wildman–Crippen LogP) is 2.00. The van der Waals surface area contributed by atoms with Gasteiger partial charge in [-0.1, -0.05) is 18.2 Å². The minimum atomic E-state index is 0.338. The normalized spacial score (nSPS) is 24.9. The summed E-state index contributed by atoms with van der Waals surface area (Å²) in [6, 6.07) is 8.52. The molecule has 2 N–H and O–H groups in total. The third-order valence-electron chi connectivity index (χ3n) is 4.95. The molecular weight excluding hydrogens is 328 g/mol. The van der Waals surface area contributed by atoms with Crippen molar-refractivity contribution in [3.8, 4) is 5.75 Å². The number of aliphatic imine (C=N–C) groups is 1. The fourth-order valence-electron chi connectivity index (χ4n) is 3.56. The second-order valence-corrected chi connectivity index (χ2v) is 7.32. The van der Waals surface area contributed by atoms with Crippen LogP contribution in [0.15, 0.2) is 29.3 Å². The number of nitrogens with zero attached hydrogens (tertiary/aromatic N) is 2. The average Bonchev–Trinajstić information content (AvgIpc) is 3.23. The van der Waals surface area contributed by atoms with Crippen molar-refractivity contribution in [1.82, 2.24) is 15.5 Å². The zero-order valence-corrected chi connectivity index (χ0v) is 16.2. The third-order valence-corrected chi connectivity index (χ3v) is 4.95. The standard InChI is InChI=1S/C20H32N4O2/c1-4-21-20(23-17-13-16-9-10-19(17)26-16)22-14-15-7-5-6-8-18(15)25-12-11-24(2)3/h5-8,16-17,19H,4,9-14H2,1-3H3,(H2,21,22,23). The molecule has 0 radical (unpaired) electrons. The summed E-state index contributed by atoms with van der Waals surface area (Å²) in [5.41, 5.74) is 1.10. The van der Waals surface area contributed by atoms with E-state index >= 15 is 0 Å². The van der Waals surface area contributed by atoms with E-state index in [9.17, 15) is 0 Å². The zero-order valence-electron chi connectivity index (χ0n) is 16.2. The molecular formula is C20H32N4O2. The fraction of sp³-hybridized carbons (Fsp3) is 0.650. The van der Waals surface area contributed by atoms with Crippen molar-refractivity contribution in [2.24, 2.45) is 4.99 Å². The number of benzene rings is 1. The Morgan fingerprint density at radius 3 is 2.85 bits per heavy atom. The van der Waals surface area contributed by atoms with Gasteiger partial charge in [-0.05, 0) is 46.3 Å². The molecule has 6 nitrogen and oxygen atoms in total. The van der Waals surface area contributed by atoms with Crippen molar-refractivity contribution in [3.63, 3.8) is 0 Å². The van der Waals surface area contributed by atoms with E-state index < -0.39 is 0 Å². The summed E-state index contributed by atoms with van der Waals surface area (Å²) in [7, 11) is 4.10. The van der Waals surface area contributed by atoms with Crippen LogP contribution in [0.1, 0.15) is 31.7 Å². The Kier molecular flexibility index (Phi) is 6.74. The molecule has 2 heterocycles. The molecule has 2 fully saturated rings. The van der Waals surface area contributed by atoms with Crippen molar-refractivity contribution in [2.45, 2.75) is 51.0 Å². The van der Waals surface area contributed by atoms with E-state index in [0.717, 1.165) is 43.2 Å². The molecule has 3 atom stereocenters. The van der Waals surface area contributed by atoms with Gasteiger partial charge in [0.1, 0.15) is 12.4 Å². The molecule has 2 aliphatic rings. The van der Waals surface area contributed by atoms with Gasteiger partial charge in [-0.2, -0.15) is 0 Å². The van der Waals surface area contributed by atoms with Crippen LogP contribution in [0.4, 0.5) is 0 Å². The highest BCUT2D eigenvalue weighted by molar-refractivity contribution is 5.80. The first-order valence-electron chi connectivity index (χ1n) is 9.71. The molecule has 0 aromatic heterocycles. The topological polar surface area (TPSA) is 58.1 Å². The Morgan fingerprint density at radius 2 is 2.15 bits per heavy atom. The Labute approximate surface area is 157 Å². The Hall–Kier alpha value is -1.79. The van der Waals surface area contributed by atoms with E-state index in [1.807, 2.05) is 32.3 Å². The van der Waals surface area contributed by atoms with Crippen LogP contribution in [-0.2, 0) is 11.3 Å². The van der Waals surface area contributed by atoms with Gasteiger partial charge < -0.3 is 25.0 Å². The van der Waals surface area contributed by atoms with Crippen LogP contribution in [-0.4, -0.2) is 62.9 Å². The highest BCUT2D eigenvalue weighted by Crippen LogP contribution is 2.34.